The number of fused-ring (bicyclic) bond motifs is 1. The molecule has 1 aliphatic rings. The molecular formula is C19H23N2+. The summed E-state index contributed by atoms with van der Waals surface area (Å²) in [4.78, 5) is 2.13. The van der Waals surface area contributed by atoms with E-state index in [-0.39, 0.29) is 0 Å². The highest BCUT2D eigenvalue weighted by Crippen LogP contribution is 2.31. The molecule has 0 saturated heterocycles. The van der Waals surface area contributed by atoms with Gasteiger partial charge in [-0.25, -0.2) is 4.57 Å². The van der Waals surface area contributed by atoms with Crippen molar-refractivity contribution in [2.45, 2.75) is 19.3 Å². The van der Waals surface area contributed by atoms with E-state index in [0.717, 1.165) is 0 Å². The van der Waals surface area contributed by atoms with Gasteiger partial charge in [-0.3, -0.25) is 0 Å². The lowest BCUT2D eigenvalue weighted by Gasteiger charge is -2.17. The second kappa shape index (κ2) is 5.72. The average molecular weight is 279 g/mol. The Kier molecular flexibility index (Phi) is 3.78. The fourth-order valence-electron chi connectivity index (χ4n) is 2.99. The summed E-state index contributed by atoms with van der Waals surface area (Å²) in [6.07, 6.45) is 10.4. The summed E-state index contributed by atoms with van der Waals surface area (Å²) in [7, 11) is 6.24. The predicted molar refractivity (Wildman–Crippen MR) is 89.2 cm³/mol. The molecule has 0 radical (unpaired) electrons. The van der Waals surface area contributed by atoms with Crippen LogP contribution in [-0.4, -0.2) is 14.1 Å². The zero-order chi connectivity index (χ0) is 14.8. The number of hydrogen-bond donors (Lipinski definition) is 0. The molecule has 0 unspecified atom stereocenters. The van der Waals surface area contributed by atoms with Gasteiger partial charge in [-0.1, -0.05) is 18.2 Å². The van der Waals surface area contributed by atoms with E-state index in [1.165, 1.54) is 47.2 Å². The van der Waals surface area contributed by atoms with Gasteiger partial charge < -0.3 is 4.90 Å². The molecule has 0 bridgehead atoms. The summed E-state index contributed by atoms with van der Waals surface area (Å²) < 4.78 is 2.15. The van der Waals surface area contributed by atoms with Crippen LogP contribution < -0.4 is 9.47 Å². The molecule has 3 rings (SSSR count). The highest BCUT2D eigenvalue weighted by molar-refractivity contribution is 5.83. The van der Waals surface area contributed by atoms with Crippen molar-refractivity contribution < 1.29 is 4.57 Å². The van der Waals surface area contributed by atoms with E-state index < -0.39 is 0 Å². The van der Waals surface area contributed by atoms with Gasteiger partial charge in [0.25, 0.3) is 0 Å². The smallest absolute Gasteiger partial charge is 0.172 e. The first-order chi connectivity index (χ1) is 10.1. The minimum atomic E-state index is 1.18. The Hall–Kier alpha value is -2.09. The number of rotatable bonds is 2. The van der Waals surface area contributed by atoms with Gasteiger partial charge in [0.1, 0.15) is 7.05 Å². The van der Waals surface area contributed by atoms with Crippen molar-refractivity contribution in [2.75, 3.05) is 19.0 Å². The van der Waals surface area contributed by atoms with Gasteiger partial charge >= 0.3 is 0 Å². The summed E-state index contributed by atoms with van der Waals surface area (Å²) in [5.41, 5.74) is 6.90. The molecule has 0 amide bonds. The Morgan fingerprint density at radius 1 is 1.05 bits per heavy atom. The van der Waals surface area contributed by atoms with Crippen LogP contribution in [0.25, 0.3) is 11.6 Å². The van der Waals surface area contributed by atoms with Crippen LogP contribution in [0.5, 0.6) is 0 Å². The minimum absolute atomic E-state index is 1.18. The van der Waals surface area contributed by atoms with Crippen LogP contribution in [0.1, 0.15) is 29.5 Å². The number of nitrogens with zero attached hydrogens (tertiary/aromatic N) is 2. The lowest BCUT2D eigenvalue weighted by Crippen LogP contribution is -2.28. The van der Waals surface area contributed by atoms with Crippen molar-refractivity contribution in [3.05, 3.63) is 59.4 Å². The number of benzene rings is 1. The highest BCUT2D eigenvalue weighted by atomic mass is 15.1. The fraction of sp³-hybridized carbons (Fsp3) is 0.316. The molecule has 108 valence electrons. The van der Waals surface area contributed by atoms with Crippen LogP contribution in [0.3, 0.4) is 0 Å². The van der Waals surface area contributed by atoms with Gasteiger partial charge in [0, 0.05) is 31.4 Å². The molecule has 2 aromatic rings. The second-order valence-electron chi connectivity index (χ2n) is 6.06. The lowest BCUT2D eigenvalue weighted by atomic mass is 9.87. The molecule has 0 saturated carbocycles. The first-order valence-corrected chi connectivity index (χ1v) is 7.60. The number of pyridine rings is 1. The standard InChI is InChI=1S/C19H23N2/c1-20(2)18-9-7-15(8-10-18)13-16-5-4-6-17-14-21(3)12-11-19(16)17/h7-14H,4-6H2,1-3H3/q+1. The van der Waals surface area contributed by atoms with Crippen molar-refractivity contribution in [3.63, 3.8) is 0 Å². The third-order valence-electron chi connectivity index (χ3n) is 4.17. The zero-order valence-corrected chi connectivity index (χ0v) is 13.1. The average Bonchev–Trinajstić information content (AvgIpc) is 2.47. The molecule has 0 atom stereocenters. The van der Waals surface area contributed by atoms with Gasteiger partial charge in [0.05, 0.1) is 0 Å². The van der Waals surface area contributed by atoms with Crippen molar-refractivity contribution in [1.29, 1.82) is 0 Å². The van der Waals surface area contributed by atoms with Crippen LogP contribution in [0, 0.1) is 0 Å². The number of anilines is 1. The first kappa shape index (κ1) is 13.9. The summed E-state index contributed by atoms with van der Waals surface area (Å²) in [5.74, 6) is 0. The van der Waals surface area contributed by atoms with Crippen LogP contribution >= 0.6 is 0 Å². The SMILES string of the molecule is CN(C)c1ccc(/C=C2/CCCc3c[n+](C)ccc32)cc1. The summed E-state index contributed by atoms with van der Waals surface area (Å²) in [6, 6.07) is 11.0. The minimum Gasteiger partial charge on any atom is -0.378 e. The highest BCUT2D eigenvalue weighted by Gasteiger charge is 2.16. The van der Waals surface area contributed by atoms with Crippen LogP contribution in [0.2, 0.25) is 0 Å². The van der Waals surface area contributed by atoms with Crippen molar-refractivity contribution in [2.24, 2.45) is 7.05 Å². The van der Waals surface area contributed by atoms with E-state index in [0.29, 0.717) is 0 Å². The maximum atomic E-state index is 2.34. The van der Waals surface area contributed by atoms with Gasteiger partial charge in [-0.05, 0) is 48.1 Å². The summed E-state index contributed by atoms with van der Waals surface area (Å²) >= 11 is 0. The molecule has 0 aliphatic heterocycles. The lowest BCUT2D eigenvalue weighted by molar-refractivity contribution is -0.672. The topological polar surface area (TPSA) is 7.12 Å². The Labute approximate surface area is 127 Å². The van der Waals surface area contributed by atoms with E-state index in [4.69, 9.17) is 0 Å². The molecule has 2 heteroatoms. The number of hydrogen-bond acceptors (Lipinski definition) is 1. The van der Waals surface area contributed by atoms with Crippen molar-refractivity contribution in [1.82, 2.24) is 0 Å². The Morgan fingerprint density at radius 2 is 1.81 bits per heavy atom. The van der Waals surface area contributed by atoms with E-state index in [1.807, 2.05) is 0 Å². The molecule has 1 aromatic carbocycles. The van der Waals surface area contributed by atoms with Crippen molar-refractivity contribution in [3.8, 4) is 0 Å². The normalized spacial score (nSPS) is 15.9. The molecule has 21 heavy (non-hydrogen) atoms. The Balaban J connectivity index is 1.94. The third-order valence-corrected chi connectivity index (χ3v) is 4.17. The fourth-order valence-corrected chi connectivity index (χ4v) is 2.99. The van der Waals surface area contributed by atoms with Crippen molar-refractivity contribution >= 4 is 17.3 Å². The summed E-state index contributed by atoms with van der Waals surface area (Å²) in [6.45, 7) is 0. The molecule has 1 heterocycles. The molecular weight excluding hydrogens is 256 g/mol. The van der Waals surface area contributed by atoms with E-state index in [9.17, 15) is 0 Å². The second-order valence-corrected chi connectivity index (χ2v) is 6.06. The molecule has 0 spiro atoms. The van der Waals surface area contributed by atoms with E-state index in [1.54, 1.807) is 0 Å². The summed E-state index contributed by atoms with van der Waals surface area (Å²) in [5, 5.41) is 0. The first-order valence-electron chi connectivity index (χ1n) is 7.60. The van der Waals surface area contributed by atoms with Gasteiger partial charge in [0.2, 0.25) is 0 Å². The Bertz CT molecular complexity index is 666. The molecule has 0 fully saturated rings. The number of allylic oxidation sites excluding steroid dienone is 1. The molecule has 1 aromatic heterocycles. The van der Waals surface area contributed by atoms with Crippen LogP contribution in [0.15, 0.2) is 42.7 Å². The number of aryl methyl sites for hydroxylation is 2. The zero-order valence-electron chi connectivity index (χ0n) is 13.1. The van der Waals surface area contributed by atoms with E-state index >= 15 is 0 Å². The largest absolute Gasteiger partial charge is 0.378 e. The quantitative estimate of drug-likeness (QED) is 0.764. The van der Waals surface area contributed by atoms with Crippen LogP contribution in [0.4, 0.5) is 5.69 Å². The van der Waals surface area contributed by atoms with Gasteiger partial charge in [0.15, 0.2) is 12.4 Å². The maximum Gasteiger partial charge on any atom is 0.172 e. The predicted octanol–water partition coefficient (Wildman–Crippen LogP) is 3.45. The van der Waals surface area contributed by atoms with E-state index in [2.05, 4.69) is 79.4 Å². The van der Waals surface area contributed by atoms with Gasteiger partial charge in [-0.2, -0.15) is 0 Å². The monoisotopic (exact) mass is 279 g/mol. The Morgan fingerprint density at radius 3 is 2.52 bits per heavy atom. The molecule has 0 N–H and O–H groups in total. The third kappa shape index (κ3) is 2.99. The van der Waals surface area contributed by atoms with Crippen LogP contribution in [-0.2, 0) is 13.5 Å². The molecule has 2 nitrogen and oxygen atoms in total. The van der Waals surface area contributed by atoms with Gasteiger partial charge in [-0.15, -0.1) is 0 Å². The maximum absolute atomic E-state index is 2.34. The molecule has 1 aliphatic carbocycles. The number of aromatic nitrogens is 1.